The van der Waals surface area contributed by atoms with Gasteiger partial charge in [-0.15, -0.1) is 0 Å². The normalized spacial score (nSPS) is 28.7. The first-order valence-electron chi connectivity index (χ1n) is 13.4. The average molecular weight is 529 g/mol. The molecule has 2 N–H and O–H groups in total. The molecule has 1 saturated heterocycles. The highest BCUT2D eigenvalue weighted by Gasteiger charge is 2.51. The van der Waals surface area contributed by atoms with E-state index in [1.807, 2.05) is 0 Å². The summed E-state index contributed by atoms with van der Waals surface area (Å²) >= 11 is 0. The lowest BCUT2D eigenvalue weighted by Crippen LogP contribution is -2.58. The predicted molar refractivity (Wildman–Crippen MR) is 126 cm³/mol. The molecule has 0 spiro atoms. The molecular weight excluding hydrogens is 486 g/mol. The maximum Gasteiger partial charge on any atom is 0.391 e. The van der Waals surface area contributed by atoms with Gasteiger partial charge in [0.2, 0.25) is 5.91 Å². The molecule has 0 aromatic rings. The number of nitrogens with zero attached hydrogens (tertiary/aromatic N) is 3. The number of nitrogens with two attached hydrogens (primary N) is 1. The van der Waals surface area contributed by atoms with Gasteiger partial charge >= 0.3 is 12.4 Å². The molecule has 3 unspecified atom stereocenters. The van der Waals surface area contributed by atoms with Gasteiger partial charge < -0.3 is 10.6 Å². The second-order valence-corrected chi connectivity index (χ2v) is 11.1. The van der Waals surface area contributed by atoms with Gasteiger partial charge in [0.15, 0.2) is 0 Å². The van der Waals surface area contributed by atoms with E-state index in [0.717, 1.165) is 64.8 Å². The molecule has 0 aromatic carbocycles. The highest BCUT2D eigenvalue weighted by molar-refractivity contribution is 5.82. The zero-order chi connectivity index (χ0) is 26.5. The summed E-state index contributed by atoms with van der Waals surface area (Å²) in [5, 5.41) is 0. The van der Waals surface area contributed by atoms with E-state index in [1.165, 1.54) is 0 Å². The Hall–Kier alpha value is -1.07. The Morgan fingerprint density at radius 2 is 1.47 bits per heavy atom. The highest BCUT2D eigenvalue weighted by Crippen LogP contribution is 2.48. The summed E-state index contributed by atoms with van der Waals surface area (Å²) < 4.78 is 80.1. The molecule has 5 nitrogen and oxygen atoms in total. The molecule has 3 fully saturated rings. The maximum atomic E-state index is 13.7. The maximum absolute atomic E-state index is 13.7. The number of piperazine rings is 1. The lowest BCUT2D eigenvalue weighted by molar-refractivity contribution is -0.229. The van der Waals surface area contributed by atoms with E-state index in [1.54, 1.807) is 11.9 Å². The Morgan fingerprint density at radius 3 is 1.97 bits per heavy atom. The van der Waals surface area contributed by atoms with E-state index in [9.17, 15) is 31.1 Å². The third kappa shape index (κ3) is 7.96. The molecule has 1 aliphatic heterocycles. The molecule has 210 valence electrons. The van der Waals surface area contributed by atoms with Crippen LogP contribution in [0.5, 0.6) is 0 Å². The standard InChI is InChI=1S/C25H42F6N4O/c1-33(9-7-18-15-20(24(26,27)28)17-21(16-18)25(29,30)31)23(36)22(19-5-3-2-4-6-19)35-13-11-34(10-8-32)12-14-35/h18-22H,2-17,32H2,1H3. The number of hydrogen-bond donors (Lipinski definition) is 1. The summed E-state index contributed by atoms with van der Waals surface area (Å²) in [5.74, 6) is -4.41. The molecule has 3 rings (SSSR count). The van der Waals surface area contributed by atoms with Crippen LogP contribution in [-0.2, 0) is 4.79 Å². The van der Waals surface area contributed by atoms with Crippen LogP contribution in [0.15, 0.2) is 0 Å². The third-order valence-electron chi connectivity index (χ3n) is 8.57. The Morgan fingerprint density at radius 1 is 0.917 bits per heavy atom. The van der Waals surface area contributed by atoms with E-state index in [-0.39, 0.29) is 43.7 Å². The monoisotopic (exact) mass is 528 g/mol. The van der Waals surface area contributed by atoms with Gasteiger partial charge in [0, 0.05) is 52.9 Å². The molecule has 2 aliphatic carbocycles. The lowest BCUT2D eigenvalue weighted by Gasteiger charge is -2.44. The van der Waals surface area contributed by atoms with Gasteiger partial charge in [-0.05, 0) is 50.4 Å². The Bertz CT molecular complexity index is 667. The zero-order valence-corrected chi connectivity index (χ0v) is 21.3. The SMILES string of the molecule is CN(CCC1CC(C(F)(F)F)CC(C(F)(F)F)C1)C(=O)C(C1CCCCC1)N1CCN(CCN)CC1. The molecule has 36 heavy (non-hydrogen) atoms. The molecule has 3 aliphatic rings. The number of alkyl halides is 6. The largest absolute Gasteiger partial charge is 0.391 e. The van der Waals surface area contributed by atoms with Crippen molar-refractivity contribution in [2.75, 3.05) is 52.9 Å². The third-order valence-corrected chi connectivity index (χ3v) is 8.57. The van der Waals surface area contributed by atoms with Crippen molar-refractivity contribution in [1.82, 2.24) is 14.7 Å². The minimum absolute atomic E-state index is 0.0512. The van der Waals surface area contributed by atoms with Gasteiger partial charge in [-0.1, -0.05) is 19.3 Å². The summed E-state index contributed by atoms with van der Waals surface area (Å²) in [5.41, 5.74) is 5.68. The fourth-order valence-electron chi connectivity index (χ4n) is 6.47. The number of hydrogen-bond acceptors (Lipinski definition) is 4. The van der Waals surface area contributed by atoms with Crippen molar-refractivity contribution in [3.8, 4) is 0 Å². The summed E-state index contributed by atoms with van der Waals surface area (Å²) in [6.45, 7) is 4.74. The number of amides is 1. The second-order valence-electron chi connectivity index (χ2n) is 11.1. The van der Waals surface area contributed by atoms with Gasteiger partial charge in [-0.2, -0.15) is 26.3 Å². The quantitative estimate of drug-likeness (QED) is 0.471. The number of carbonyl (C=O) groups is 1. The van der Waals surface area contributed by atoms with E-state index in [2.05, 4.69) is 9.80 Å². The second kappa shape index (κ2) is 12.7. The molecule has 2 saturated carbocycles. The number of halogens is 6. The van der Waals surface area contributed by atoms with Crippen molar-refractivity contribution in [3.63, 3.8) is 0 Å². The molecular formula is C25H42F6N4O. The van der Waals surface area contributed by atoms with Crippen LogP contribution >= 0.6 is 0 Å². The van der Waals surface area contributed by atoms with Crippen LogP contribution in [0.3, 0.4) is 0 Å². The Kier molecular flexibility index (Phi) is 10.4. The van der Waals surface area contributed by atoms with E-state index < -0.39 is 36.5 Å². The number of likely N-dealkylation sites (N-methyl/N-ethyl adjacent to an activating group) is 1. The number of carbonyl (C=O) groups excluding carboxylic acids is 1. The van der Waals surface area contributed by atoms with Gasteiger partial charge in [0.25, 0.3) is 0 Å². The van der Waals surface area contributed by atoms with Crippen molar-refractivity contribution in [2.45, 2.75) is 76.2 Å². The molecule has 0 aromatic heterocycles. The van der Waals surface area contributed by atoms with Gasteiger partial charge in [0.1, 0.15) is 0 Å². The number of rotatable bonds is 8. The van der Waals surface area contributed by atoms with Crippen molar-refractivity contribution >= 4 is 5.91 Å². The zero-order valence-electron chi connectivity index (χ0n) is 21.3. The van der Waals surface area contributed by atoms with E-state index in [4.69, 9.17) is 5.73 Å². The first-order chi connectivity index (χ1) is 16.9. The van der Waals surface area contributed by atoms with Crippen LogP contribution in [0.4, 0.5) is 26.3 Å². The van der Waals surface area contributed by atoms with Gasteiger partial charge in [0.05, 0.1) is 17.9 Å². The predicted octanol–water partition coefficient (Wildman–Crippen LogP) is 4.52. The minimum atomic E-state index is -4.64. The first kappa shape index (κ1) is 29.5. The molecule has 3 atom stereocenters. The Labute approximate surface area is 210 Å². The minimum Gasteiger partial charge on any atom is -0.344 e. The van der Waals surface area contributed by atoms with Crippen LogP contribution in [0.25, 0.3) is 0 Å². The van der Waals surface area contributed by atoms with E-state index in [0.29, 0.717) is 6.54 Å². The Balaban J connectivity index is 1.64. The average Bonchev–Trinajstić information content (AvgIpc) is 2.83. The van der Waals surface area contributed by atoms with Gasteiger partial charge in [-0.25, -0.2) is 0 Å². The van der Waals surface area contributed by atoms with Crippen molar-refractivity contribution < 1.29 is 31.1 Å². The van der Waals surface area contributed by atoms with Crippen molar-refractivity contribution in [1.29, 1.82) is 0 Å². The van der Waals surface area contributed by atoms with Crippen LogP contribution in [0, 0.1) is 23.7 Å². The summed E-state index contributed by atoms with van der Waals surface area (Å²) in [4.78, 5) is 19.7. The molecule has 1 amide bonds. The fourth-order valence-corrected chi connectivity index (χ4v) is 6.47. The lowest BCUT2D eigenvalue weighted by atomic mass is 9.73. The van der Waals surface area contributed by atoms with Gasteiger partial charge in [-0.3, -0.25) is 14.6 Å². The topological polar surface area (TPSA) is 52.8 Å². The van der Waals surface area contributed by atoms with E-state index >= 15 is 0 Å². The molecule has 0 bridgehead atoms. The summed E-state index contributed by atoms with van der Waals surface area (Å²) in [6, 6.07) is -0.285. The summed E-state index contributed by atoms with van der Waals surface area (Å²) in [6.07, 6.45) is -5.37. The fraction of sp³-hybridized carbons (Fsp3) is 0.960. The van der Waals surface area contributed by atoms with Crippen molar-refractivity contribution in [3.05, 3.63) is 0 Å². The van der Waals surface area contributed by atoms with Crippen LogP contribution < -0.4 is 5.73 Å². The molecule has 11 heteroatoms. The molecule has 1 heterocycles. The smallest absolute Gasteiger partial charge is 0.344 e. The van der Waals surface area contributed by atoms with Crippen LogP contribution in [0.1, 0.15) is 57.8 Å². The van der Waals surface area contributed by atoms with Crippen LogP contribution in [-0.4, -0.2) is 91.9 Å². The summed E-state index contributed by atoms with van der Waals surface area (Å²) in [7, 11) is 1.65. The highest BCUT2D eigenvalue weighted by atomic mass is 19.4. The molecule has 0 radical (unpaired) electrons. The van der Waals surface area contributed by atoms with Crippen molar-refractivity contribution in [2.24, 2.45) is 29.4 Å². The first-order valence-corrected chi connectivity index (χ1v) is 13.4. The van der Waals surface area contributed by atoms with Crippen LogP contribution in [0.2, 0.25) is 0 Å².